The molecule has 66 valence electrons. The van der Waals surface area contributed by atoms with E-state index in [-0.39, 0.29) is 0 Å². The van der Waals surface area contributed by atoms with E-state index in [0.29, 0.717) is 0 Å². The van der Waals surface area contributed by atoms with Crippen LogP contribution in [-0.4, -0.2) is 4.98 Å². The predicted molar refractivity (Wildman–Crippen MR) is 58.8 cm³/mol. The molecule has 2 rings (SSSR count). The van der Waals surface area contributed by atoms with Crippen LogP contribution in [0.15, 0.2) is 34.8 Å². The van der Waals surface area contributed by atoms with Crippen LogP contribution in [-0.2, 0) is 6.42 Å². The first-order valence-corrected chi connectivity index (χ1v) is 5.14. The molecule has 0 fully saturated rings. The van der Waals surface area contributed by atoms with Crippen LogP contribution in [0.2, 0.25) is 0 Å². The Morgan fingerprint density at radius 3 is 2.85 bits per heavy atom. The number of hydrogen-bond donors (Lipinski definition) is 0. The van der Waals surface area contributed by atoms with Gasteiger partial charge in [0.05, 0.1) is 5.52 Å². The summed E-state index contributed by atoms with van der Waals surface area (Å²) in [4.78, 5) is 4.55. The van der Waals surface area contributed by atoms with Gasteiger partial charge in [0.15, 0.2) is 0 Å². The summed E-state index contributed by atoms with van der Waals surface area (Å²) in [5, 5.41) is 1.19. The van der Waals surface area contributed by atoms with Crippen LogP contribution in [0.25, 0.3) is 10.9 Å². The van der Waals surface area contributed by atoms with Crippen LogP contribution in [0.1, 0.15) is 12.6 Å². The molecule has 1 nitrogen and oxygen atoms in total. The van der Waals surface area contributed by atoms with Crippen molar-refractivity contribution in [3.8, 4) is 0 Å². The monoisotopic (exact) mass is 235 g/mol. The molecule has 0 aliphatic heterocycles. The van der Waals surface area contributed by atoms with Crippen LogP contribution in [0, 0.1) is 0 Å². The summed E-state index contributed by atoms with van der Waals surface area (Å²) in [6.45, 7) is 2.12. The second kappa shape index (κ2) is 3.46. The highest BCUT2D eigenvalue weighted by Crippen LogP contribution is 2.21. The Balaban J connectivity index is 2.74. The van der Waals surface area contributed by atoms with Gasteiger partial charge in [-0.05, 0) is 34.5 Å². The van der Waals surface area contributed by atoms with E-state index in [1.165, 1.54) is 5.39 Å². The molecule has 0 N–H and O–H groups in total. The molecule has 0 spiro atoms. The number of benzene rings is 1. The zero-order valence-electron chi connectivity index (χ0n) is 7.42. The van der Waals surface area contributed by atoms with Crippen LogP contribution in [0.4, 0.5) is 0 Å². The molecular formula is C11H10BrN. The molecule has 0 aliphatic rings. The fourth-order valence-electron chi connectivity index (χ4n) is 1.35. The average Bonchev–Trinajstić information content (AvgIpc) is 2.18. The molecule has 0 amide bonds. The van der Waals surface area contributed by atoms with Crippen molar-refractivity contribution in [3.63, 3.8) is 0 Å². The van der Waals surface area contributed by atoms with Crippen molar-refractivity contribution in [2.75, 3.05) is 0 Å². The summed E-state index contributed by atoms with van der Waals surface area (Å²) in [5.41, 5.74) is 2.20. The number of fused-ring (bicyclic) bond motifs is 1. The largest absolute Gasteiger partial charge is 0.252 e. The Bertz CT molecular complexity index is 437. The molecule has 0 saturated carbocycles. The molecule has 2 aromatic rings. The molecule has 0 atom stereocenters. The summed E-state index contributed by atoms with van der Waals surface area (Å²) in [7, 11) is 0. The number of para-hydroxylation sites is 1. The molecule has 13 heavy (non-hydrogen) atoms. The maximum absolute atomic E-state index is 4.55. The Hall–Kier alpha value is -0.890. The van der Waals surface area contributed by atoms with Crippen LogP contribution >= 0.6 is 15.9 Å². The minimum absolute atomic E-state index is 0.983. The average molecular weight is 236 g/mol. The quantitative estimate of drug-likeness (QED) is 0.737. The van der Waals surface area contributed by atoms with Crippen LogP contribution < -0.4 is 0 Å². The van der Waals surface area contributed by atoms with Gasteiger partial charge >= 0.3 is 0 Å². The van der Waals surface area contributed by atoms with Crippen molar-refractivity contribution in [1.82, 2.24) is 4.98 Å². The third-order valence-corrected chi connectivity index (χ3v) is 2.73. The van der Waals surface area contributed by atoms with E-state index >= 15 is 0 Å². The van der Waals surface area contributed by atoms with Gasteiger partial charge in [0.1, 0.15) is 0 Å². The van der Waals surface area contributed by atoms with Crippen molar-refractivity contribution < 1.29 is 0 Å². The number of aromatic nitrogens is 1. The molecule has 1 heterocycles. The molecule has 2 heteroatoms. The lowest BCUT2D eigenvalue weighted by Gasteiger charge is -2.01. The van der Waals surface area contributed by atoms with E-state index in [2.05, 4.69) is 46.0 Å². The summed E-state index contributed by atoms with van der Waals surface area (Å²) >= 11 is 3.50. The molecule has 1 aromatic carbocycles. The van der Waals surface area contributed by atoms with Gasteiger partial charge in [-0.1, -0.05) is 25.1 Å². The second-order valence-electron chi connectivity index (χ2n) is 2.97. The van der Waals surface area contributed by atoms with Crippen molar-refractivity contribution in [2.45, 2.75) is 13.3 Å². The lowest BCUT2D eigenvalue weighted by atomic mass is 10.2. The molecule has 0 saturated heterocycles. The third-order valence-electron chi connectivity index (χ3n) is 2.09. The van der Waals surface area contributed by atoms with Crippen molar-refractivity contribution in [2.24, 2.45) is 0 Å². The zero-order valence-corrected chi connectivity index (χ0v) is 9.01. The number of rotatable bonds is 1. The highest BCUT2D eigenvalue weighted by Gasteiger charge is 1.99. The Morgan fingerprint density at radius 2 is 2.08 bits per heavy atom. The van der Waals surface area contributed by atoms with Gasteiger partial charge in [-0.3, -0.25) is 4.98 Å². The maximum atomic E-state index is 4.55. The third kappa shape index (κ3) is 1.59. The van der Waals surface area contributed by atoms with Crippen molar-refractivity contribution in [3.05, 3.63) is 40.5 Å². The fraction of sp³-hybridized carbons (Fsp3) is 0.182. The zero-order chi connectivity index (χ0) is 9.26. The number of hydrogen-bond acceptors (Lipinski definition) is 1. The van der Waals surface area contributed by atoms with Crippen LogP contribution in [0.5, 0.6) is 0 Å². The highest BCUT2D eigenvalue weighted by molar-refractivity contribution is 9.10. The maximum Gasteiger partial charge on any atom is 0.0847 e. The Morgan fingerprint density at radius 1 is 1.23 bits per heavy atom. The normalized spacial score (nSPS) is 10.6. The van der Waals surface area contributed by atoms with Gasteiger partial charge in [0.2, 0.25) is 0 Å². The summed E-state index contributed by atoms with van der Waals surface area (Å²) in [6.07, 6.45) is 0.983. The number of aryl methyl sites for hydroxylation is 1. The first kappa shape index (κ1) is 8.70. The van der Waals surface area contributed by atoms with E-state index in [4.69, 9.17) is 0 Å². The lowest BCUT2D eigenvalue weighted by Crippen LogP contribution is -1.87. The van der Waals surface area contributed by atoms with E-state index in [1.54, 1.807) is 0 Å². The van der Waals surface area contributed by atoms with E-state index in [1.807, 2.05) is 12.1 Å². The fourth-order valence-corrected chi connectivity index (χ4v) is 1.82. The minimum atomic E-state index is 0.983. The van der Waals surface area contributed by atoms with Crippen molar-refractivity contribution >= 4 is 26.8 Å². The number of nitrogens with zero attached hydrogens (tertiary/aromatic N) is 1. The van der Waals surface area contributed by atoms with Gasteiger partial charge in [-0.25, -0.2) is 0 Å². The molecule has 0 unspecified atom stereocenters. The SMILES string of the molecule is CCc1ccc2cccc(Br)c2n1. The second-order valence-corrected chi connectivity index (χ2v) is 3.82. The van der Waals surface area contributed by atoms with Gasteiger partial charge < -0.3 is 0 Å². The van der Waals surface area contributed by atoms with Gasteiger partial charge in [-0.15, -0.1) is 0 Å². The van der Waals surface area contributed by atoms with Crippen molar-refractivity contribution in [1.29, 1.82) is 0 Å². The Kier molecular flexibility index (Phi) is 2.32. The lowest BCUT2D eigenvalue weighted by molar-refractivity contribution is 1.06. The smallest absolute Gasteiger partial charge is 0.0847 e. The summed E-state index contributed by atoms with van der Waals surface area (Å²) < 4.78 is 1.07. The standard InChI is InChI=1S/C11H10BrN/c1-2-9-7-6-8-4-3-5-10(12)11(8)13-9/h3-7H,2H2,1H3. The summed E-state index contributed by atoms with van der Waals surface area (Å²) in [6, 6.07) is 10.3. The summed E-state index contributed by atoms with van der Waals surface area (Å²) in [5.74, 6) is 0. The van der Waals surface area contributed by atoms with E-state index in [9.17, 15) is 0 Å². The molecule has 0 bridgehead atoms. The van der Waals surface area contributed by atoms with E-state index in [0.717, 1.165) is 22.1 Å². The van der Waals surface area contributed by atoms with Gasteiger partial charge in [0, 0.05) is 15.6 Å². The first-order chi connectivity index (χ1) is 6.31. The molecule has 1 aromatic heterocycles. The first-order valence-electron chi connectivity index (χ1n) is 4.35. The van der Waals surface area contributed by atoms with Gasteiger partial charge in [0.25, 0.3) is 0 Å². The van der Waals surface area contributed by atoms with E-state index < -0.39 is 0 Å². The topological polar surface area (TPSA) is 12.9 Å². The molecular weight excluding hydrogens is 226 g/mol. The predicted octanol–water partition coefficient (Wildman–Crippen LogP) is 3.56. The number of halogens is 1. The number of pyridine rings is 1. The Labute approximate surface area is 85.9 Å². The molecule has 0 aliphatic carbocycles. The minimum Gasteiger partial charge on any atom is -0.252 e. The van der Waals surface area contributed by atoms with Crippen LogP contribution in [0.3, 0.4) is 0 Å². The van der Waals surface area contributed by atoms with Gasteiger partial charge in [-0.2, -0.15) is 0 Å². The molecule has 0 radical (unpaired) electrons. The highest BCUT2D eigenvalue weighted by atomic mass is 79.9.